The Bertz CT molecular complexity index is 575. The van der Waals surface area contributed by atoms with Crippen LogP contribution < -0.4 is 0 Å². The van der Waals surface area contributed by atoms with Crippen LogP contribution in [0.25, 0.3) is 6.08 Å². The number of likely N-dealkylation sites (N-methyl/N-ethyl adjacent to an activating group) is 1. The Morgan fingerprint density at radius 3 is 1.46 bits per heavy atom. The van der Waals surface area contributed by atoms with Crippen molar-refractivity contribution in [3.05, 3.63) is 42.0 Å². The average molecular weight is 386 g/mol. The molecule has 1 aromatic carbocycles. The van der Waals surface area contributed by atoms with Crippen molar-refractivity contribution in [2.75, 3.05) is 7.05 Å². The molecule has 0 radical (unpaired) electrons. The predicted octanol–water partition coefficient (Wildman–Crippen LogP) is 5.12. The summed E-state index contributed by atoms with van der Waals surface area (Å²) in [6.07, 6.45) is 1.91. The SMILES string of the molecule is C=Cc1ccc(CN(C)C2C(N(C(C)C)C(C)C)C2N(C(C)C)C(C)C)cc1. The van der Waals surface area contributed by atoms with Crippen molar-refractivity contribution in [2.45, 2.75) is 104 Å². The van der Waals surface area contributed by atoms with Gasteiger partial charge in [0.15, 0.2) is 0 Å². The quantitative estimate of drug-likeness (QED) is 0.553. The van der Waals surface area contributed by atoms with Gasteiger partial charge in [-0.05, 0) is 73.6 Å². The first-order valence-electron chi connectivity index (χ1n) is 11.1. The van der Waals surface area contributed by atoms with Gasteiger partial charge in [0, 0.05) is 48.8 Å². The molecule has 0 saturated heterocycles. The summed E-state index contributed by atoms with van der Waals surface area (Å²) in [7, 11) is 2.30. The summed E-state index contributed by atoms with van der Waals surface area (Å²) in [5.74, 6) is 0. The molecule has 2 atom stereocenters. The van der Waals surface area contributed by atoms with E-state index in [0.717, 1.165) is 6.54 Å². The molecule has 1 aliphatic carbocycles. The van der Waals surface area contributed by atoms with Gasteiger partial charge < -0.3 is 0 Å². The molecule has 0 amide bonds. The van der Waals surface area contributed by atoms with E-state index < -0.39 is 0 Å². The van der Waals surface area contributed by atoms with Crippen LogP contribution in [-0.2, 0) is 6.54 Å². The molecule has 3 nitrogen and oxygen atoms in total. The lowest BCUT2D eigenvalue weighted by molar-refractivity contribution is 0.108. The van der Waals surface area contributed by atoms with Gasteiger partial charge in [-0.25, -0.2) is 0 Å². The van der Waals surface area contributed by atoms with Crippen molar-refractivity contribution in [3.8, 4) is 0 Å². The topological polar surface area (TPSA) is 9.72 Å². The summed E-state index contributed by atoms with van der Waals surface area (Å²) in [5.41, 5.74) is 2.56. The molecule has 0 aliphatic heterocycles. The van der Waals surface area contributed by atoms with E-state index in [9.17, 15) is 0 Å². The smallest absolute Gasteiger partial charge is 0.0444 e. The third-order valence-corrected chi connectivity index (χ3v) is 6.14. The second-order valence-electron chi connectivity index (χ2n) is 9.60. The van der Waals surface area contributed by atoms with E-state index in [2.05, 4.69) is 108 Å². The van der Waals surface area contributed by atoms with Crippen LogP contribution in [0.4, 0.5) is 0 Å². The molecular weight excluding hydrogens is 342 g/mol. The van der Waals surface area contributed by atoms with Gasteiger partial charge in [0.2, 0.25) is 0 Å². The molecule has 0 N–H and O–H groups in total. The van der Waals surface area contributed by atoms with Crippen molar-refractivity contribution in [1.29, 1.82) is 0 Å². The highest BCUT2D eigenvalue weighted by atomic mass is 15.4. The van der Waals surface area contributed by atoms with E-state index in [1.165, 1.54) is 11.1 Å². The standard InChI is InChI=1S/C25H43N3/c1-11-21-12-14-22(15-13-21)16-26(10)23-24(27(17(2)3)18(4)5)25(23)28(19(6)7)20(8)9/h11-15,17-20,23-25H,1,16H2,2-10H3. The highest BCUT2D eigenvalue weighted by Crippen LogP contribution is 2.42. The van der Waals surface area contributed by atoms with Crippen LogP contribution in [0, 0.1) is 0 Å². The fourth-order valence-corrected chi connectivity index (χ4v) is 5.21. The second kappa shape index (κ2) is 9.56. The van der Waals surface area contributed by atoms with Gasteiger partial charge in [-0.15, -0.1) is 0 Å². The summed E-state index contributed by atoms with van der Waals surface area (Å²) in [5, 5.41) is 0. The van der Waals surface area contributed by atoms with E-state index in [4.69, 9.17) is 0 Å². The van der Waals surface area contributed by atoms with Crippen LogP contribution in [0.5, 0.6) is 0 Å². The van der Waals surface area contributed by atoms with Crippen LogP contribution in [0.3, 0.4) is 0 Å². The molecule has 28 heavy (non-hydrogen) atoms. The van der Waals surface area contributed by atoms with Gasteiger partial charge in [-0.2, -0.15) is 0 Å². The first-order chi connectivity index (χ1) is 13.1. The molecule has 0 heterocycles. The molecule has 1 saturated carbocycles. The molecule has 1 aromatic rings. The Labute approximate surface area is 174 Å². The maximum Gasteiger partial charge on any atom is 0.0444 e. The van der Waals surface area contributed by atoms with E-state index in [0.29, 0.717) is 42.3 Å². The molecule has 2 rings (SSSR count). The van der Waals surface area contributed by atoms with Gasteiger partial charge in [0.05, 0.1) is 0 Å². The van der Waals surface area contributed by atoms with E-state index >= 15 is 0 Å². The molecule has 1 aliphatic rings. The average Bonchev–Trinajstić information content (AvgIpc) is 3.28. The van der Waals surface area contributed by atoms with E-state index in [1.54, 1.807) is 0 Å². The Morgan fingerprint density at radius 2 is 1.14 bits per heavy atom. The van der Waals surface area contributed by atoms with Gasteiger partial charge in [-0.3, -0.25) is 14.7 Å². The first kappa shape index (κ1) is 23.1. The van der Waals surface area contributed by atoms with Crippen LogP contribution in [0.1, 0.15) is 66.5 Å². The Morgan fingerprint density at radius 1 is 0.750 bits per heavy atom. The predicted molar refractivity (Wildman–Crippen MR) is 124 cm³/mol. The summed E-state index contributed by atoms with van der Waals surface area (Å²) in [4.78, 5) is 8.03. The maximum atomic E-state index is 3.86. The van der Waals surface area contributed by atoms with Crippen LogP contribution in [-0.4, -0.2) is 64.0 Å². The highest BCUT2D eigenvalue weighted by molar-refractivity contribution is 5.47. The summed E-state index contributed by atoms with van der Waals surface area (Å²) < 4.78 is 0. The Balaban J connectivity index is 2.26. The van der Waals surface area contributed by atoms with Gasteiger partial charge >= 0.3 is 0 Å². The monoisotopic (exact) mass is 385 g/mol. The normalized spacial score (nSPS) is 22.5. The lowest BCUT2D eigenvalue weighted by Gasteiger charge is -2.35. The highest BCUT2D eigenvalue weighted by Gasteiger charge is 2.59. The van der Waals surface area contributed by atoms with Crippen LogP contribution in [0.15, 0.2) is 30.8 Å². The molecule has 2 unspecified atom stereocenters. The summed E-state index contributed by atoms with van der Waals surface area (Å²) in [6.45, 7) is 23.6. The molecule has 0 spiro atoms. The summed E-state index contributed by atoms with van der Waals surface area (Å²) >= 11 is 0. The molecule has 3 heteroatoms. The summed E-state index contributed by atoms with van der Waals surface area (Å²) in [6, 6.07) is 12.8. The molecular formula is C25H43N3. The number of hydrogen-bond acceptors (Lipinski definition) is 3. The number of hydrogen-bond donors (Lipinski definition) is 0. The maximum absolute atomic E-state index is 3.86. The molecule has 158 valence electrons. The van der Waals surface area contributed by atoms with Crippen molar-refractivity contribution in [2.24, 2.45) is 0 Å². The third kappa shape index (κ3) is 5.06. The van der Waals surface area contributed by atoms with Crippen molar-refractivity contribution in [3.63, 3.8) is 0 Å². The van der Waals surface area contributed by atoms with Gasteiger partial charge in [0.1, 0.15) is 0 Å². The molecule has 0 bridgehead atoms. The lowest BCUT2D eigenvalue weighted by atomic mass is 10.1. The van der Waals surface area contributed by atoms with Crippen molar-refractivity contribution >= 4 is 6.08 Å². The zero-order chi connectivity index (χ0) is 21.2. The fraction of sp³-hybridized carbons (Fsp3) is 0.680. The minimum absolute atomic E-state index is 0.555. The van der Waals surface area contributed by atoms with Crippen LogP contribution >= 0.6 is 0 Å². The minimum atomic E-state index is 0.555. The van der Waals surface area contributed by atoms with Crippen molar-refractivity contribution < 1.29 is 0 Å². The minimum Gasteiger partial charge on any atom is -0.296 e. The number of nitrogens with zero attached hydrogens (tertiary/aromatic N) is 3. The van der Waals surface area contributed by atoms with Gasteiger partial charge in [-0.1, -0.05) is 36.9 Å². The number of rotatable bonds is 10. The Kier molecular flexibility index (Phi) is 7.89. The largest absolute Gasteiger partial charge is 0.296 e. The number of benzene rings is 1. The third-order valence-electron chi connectivity index (χ3n) is 6.14. The molecule has 0 aromatic heterocycles. The van der Waals surface area contributed by atoms with E-state index in [-0.39, 0.29) is 0 Å². The second-order valence-corrected chi connectivity index (χ2v) is 9.60. The zero-order valence-electron chi connectivity index (χ0n) is 19.7. The fourth-order valence-electron chi connectivity index (χ4n) is 5.21. The molecule has 1 fully saturated rings. The van der Waals surface area contributed by atoms with Crippen LogP contribution in [0.2, 0.25) is 0 Å². The lowest BCUT2D eigenvalue weighted by Crippen LogP contribution is -2.46. The zero-order valence-corrected chi connectivity index (χ0v) is 19.7. The van der Waals surface area contributed by atoms with E-state index in [1.807, 2.05) is 6.08 Å². The first-order valence-corrected chi connectivity index (χ1v) is 11.1. The van der Waals surface area contributed by atoms with Gasteiger partial charge in [0.25, 0.3) is 0 Å². The Hall–Kier alpha value is -1.16. The van der Waals surface area contributed by atoms with Crippen molar-refractivity contribution in [1.82, 2.24) is 14.7 Å².